The first kappa shape index (κ1) is 25.0. The van der Waals surface area contributed by atoms with Crippen LogP contribution in [0.2, 0.25) is 0 Å². The number of amides is 2. The van der Waals surface area contributed by atoms with Crippen molar-refractivity contribution >= 4 is 28.5 Å². The summed E-state index contributed by atoms with van der Waals surface area (Å²) in [5.74, 6) is 0.849. The Hall–Kier alpha value is -3.33. The Morgan fingerprint density at radius 3 is 2.42 bits per heavy atom. The molecule has 200 valence electrons. The van der Waals surface area contributed by atoms with E-state index in [2.05, 4.69) is 14.5 Å². The van der Waals surface area contributed by atoms with E-state index in [1.54, 1.807) is 19.0 Å². The first-order chi connectivity index (χ1) is 18.5. The van der Waals surface area contributed by atoms with Gasteiger partial charge in [-0.2, -0.15) is 0 Å². The fourth-order valence-corrected chi connectivity index (χ4v) is 6.40. The molecule has 3 aliphatic heterocycles. The van der Waals surface area contributed by atoms with Crippen LogP contribution in [0.15, 0.2) is 30.6 Å². The molecule has 0 spiro atoms. The van der Waals surface area contributed by atoms with Crippen LogP contribution in [0.3, 0.4) is 0 Å². The summed E-state index contributed by atoms with van der Waals surface area (Å²) < 4.78 is 2.18. The third-order valence-corrected chi connectivity index (χ3v) is 8.42. The molecule has 4 aliphatic rings. The normalized spacial score (nSPS) is 22.5. The number of carbonyl (C=O) groups excluding carboxylic acids is 2. The van der Waals surface area contributed by atoms with Crippen LogP contribution in [-0.2, 0) is 11.2 Å². The molecule has 9 heteroatoms. The largest absolute Gasteiger partial charge is 0.343 e. The number of hydrogen-bond acceptors (Lipinski definition) is 6. The van der Waals surface area contributed by atoms with E-state index in [0.717, 1.165) is 61.2 Å². The van der Waals surface area contributed by atoms with E-state index in [9.17, 15) is 9.59 Å². The number of hydrogen-bond donors (Lipinski definition) is 0. The summed E-state index contributed by atoms with van der Waals surface area (Å²) in [5, 5.41) is 0.900. The number of anilines is 1. The van der Waals surface area contributed by atoms with Gasteiger partial charge in [0.25, 0.3) is 5.91 Å². The molecule has 2 bridgehead atoms. The van der Waals surface area contributed by atoms with Gasteiger partial charge >= 0.3 is 0 Å². The zero-order chi connectivity index (χ0) is 26.2. The highest BCUT2D eigenvalue weighted by Gasteiger charge is 2.34. The first-order valence-corrected chi connectivity index (χ1v) is 14.1. The zero-order valence-corrected chi connectivity index (χ0v) is 22.5. The molecule has 9 nitrogen and oxygen atoms in total. The Morgan fingerprint density at radius 2 is 1.74 bits per heavy atom. The van der Waals surface area contributed by atoms with E-state index < -0.39 is 0 Å². The van der Waals surface area contributed by atoms with Crippen LogP contribution in [0.1, 0.15) is 79.4 Å². The van der Waals surface area contributed by atoms with Gasteiger partial charge in [-0.1, -0.05) is 25.7 Å². The number of nitrogens with zero attached hydrogens (tertiary/aromatic N) is 7. The lowest BCUT2D eigenvalue weighted by Crippen LogP contribution is -2.40. The molecule has 0 unspecified atom stereocenters. The smallest absolute Gasteiger partial charge is 0.270 e. The summed E-state index contributed by atoms with van der Waals surface area (Å²) in [5.41, 5.74) is 3.27. The third kappa shape index (κ3) is 4.79. The third-order valence-electron chi connectivity index (χ3n) is 8.42. The molecule has 1 aliphatic carbocycles. The summed E-state index contributed by atoms with van der Waals surface area (Å²) in [7, 11) is 3.59. The van der Waals surface area contributed by atoms with Crippen LogP contribution < -0.4 is 4.90 Å². The van der Waals surface area contributed by atoms with E-state index in [1.165, 1.54) is 25.7 Å². The molecular formula is C29H37N7O2. The van der Waals surface area contributed by atoms with E-state index >= 15 is 0 Å². The average molecular weight is 516 g/mol. The fourth-order valence-electron chi connectivity index (χ4n) is 6.40. The van der Waals surface area contributed by atoms with Crippen molar-refractivity contribution in [3.05, 3.63) is 47.8 Å². The molecule has 2 amide bonds. The minimum absolute atomic E-state index is 0.000467. The minimum atomic E-state index is -0.000467. The van der Waals surface area contributed by atoms with Gasteiger partial charge in [-0.15, -0.1) is 0 Å². The van der Waals surface area contributed by atoms with Crippen molar-refractivity contribution < 1.29 is 9.59 Å². The second-order valence-electron chi connectivity index (χ2n) is 11.3. The van der Waals surface area contributed by atoms with Crippen molar-refractivity contribution in [1.29, 1.82) is 0 Å². The minimum Gasteiger partial charge on any atom is -0.343 e. The average Bonchev–Trinajstić information content (AvgIpc) is 3.08. The zero-order valence-electron chi connectivity index (χ0n) is 22.5. The van der Waals surface area contributed by atoms with Gasteiger partial charge < -0.3 is 14.4 Å². The molecule has 3 aromatic rings. The maximum Gasteiger partial charge on any atom is 0.270 e. The van der Waals surface area contributed by atoms with Crippen molar-refractivity contribution in [2.75, 3.05) is 38.6 Å². The van der Waals surface area contributed by atoms with Crippen molar-refractivity contribution in [1.82, 2.24) is 29.3 Å². The molecule has 3 saturated heterocycles. The van der Waals surface area contributed by atoms with Gasteiger partial charge in [-0.05, 0) is 43.9 Å². The van der Waals surface area contributed by atoms with Crippen molar-refractivity contribution in [3.63, 3.8) is 0 Å². The van der Waals surface area contributed by atoms with Gasteiger partial charge in [0.05, 0.1) is 24.8 Å². The first-order valence-electron chi connectivity index (χ1n) is 14.1. The lowest BCUT2D eigenvalue weighted by molar-refractivity contribution is -0.118. The second-order valence-corrected chi connectivity index (χ2v) is 11.3. The Morgan fingerprint density at radius 1 is 0.974 bits per heavy atom. The molecule has 4 fully saturated rings. The summed E-state index contributed by atoms with van der Waals surface area (Å²) >= 11 is 0. The SMILES string of the molecule is CN(C)C(=O)c1cc2cnc(Cc3ccc(N4C(=O)CN5CCC4CC5)cn3)nc2n1C1CCCCCC1. The number of aromatic nitrogens is 4. The van der Waals surface area contributed by atoms with E-state index in [1.807, 2.05) is 35.5 Å². The number of pyridine rings is 1. The lowest BCUT2D eigenvalue weighted by Gasteiger charge is -2.31. The van der Waals surface area contributed by atoms with Crippen LogP contribution in [-0.4, -0.2) is 80.9 Å². The Balaban J connectivity index is 1.28. The van der Waals surface area contributed by atoms with Gasteiger partial charge in [0.15, 0.2) is 0 Å². The molecular weight excluding hydrogens is 478 g/mol. The molecule has 0 atom stereocenters. The topological polar surface area (TPSA) is 87.5 Å². The Labute approximate surface area is 223 Å². The van der Waals surface area contributed by atoms with Crippen molar-refractivity contribution in [2.45, 2.75) is 69.9 Å². The van der Waals surface area contributed by atoms with E-state index in [-0.39, 0.29) is 23.9 Å². The standard InChI is InChI=1S/C29H37N7O2/c1-33(2)29(38)25-15-20-17-31-26(32-28(20)36(25)22-7-5-3-4-6-8-22)16-21-9-10-24(18-30-21)35-23-11-13-34(14-12-23)19-27(35)37/h9-10,15,17-18,22-23H,3-8,11-14,16,19H2,1-2H3. The van der Waals surface area contributed by atoms with Crippen LogP contribution in [0.5, 0.6) is 0 Å². The van der Waals surface area contributed by atoms with Gasteiger partial charge in [-0.3, -0.25) is 19.5 Å². The maximum atomic E-state index is 13.1. The monoisotopic (exact) mass is 515 g/mol. The number of fused-ring (bicyclic) bond motifs is 5. The summed E-state index contributed by atoms with van der Waals surface area (Å²) in [4.78, 5) is 46.1. The van der Waals surface area contributed by atoms with Crippen LogP contribution >= 0.6 is 0 Å². The summed E-state index contributed by atoms with van der Waals surface area (Å²) in [6.45, 7) is 2.47. The van der Waals surface area contributed by atoms with E-state index in [0.29, 0.717) is 24.5 Å². The molecule has 0 N–H and O–H groups in total. The number of rotatable bonds is 5. The molecule has 0 aromatic carbocycles. The van der Waals surface area contributed by atoms with Crippen LogP contribution in [0.25, 0.3) is 11.0 Å². The molecule has 7 rings (SSSR count). The Bertz CT molecular complexity index is 1320. The van der Waals surface area contributed by atoms with Crippen LogP contribution in [0, 0.1) is 0 Å². The molecule has 3 aromatic heterocycles. The predicted molar refractivity (Wildman–Crippen MR) is 146 cm³/mol. The highest BCUT2D eigenvalue weighted by Crippen LogP contribution is 2.33. The lowest BCUT2D eigenvalue weighted by atomic mass is 10.0. The fraction of sp³-hybridized carbons (Fsp3) is 0.552. The van der Waals surface area contributed by atoms with Gasteiger partial charge in [0, 0.05) is 56.5 Å². The highest BCUT2D eigenvalue weighted by atomic mass is 16.2. The summed E-state index contributed by atoms with van der Waals surface area (Å²) in [6, 6.07) is 6.47. The van der Waals surface area contributed by atoms with Crippen molar-refractivity contribution in [2.24, 2.45) is 0 Å². The molecule has 1 saturated carbocycles. The maximum absolute atomic E-state index is 13.1. The molecule has 38 heavy (non-hydrogen) atoms. The van der Waals surface area contributed by atoms with Crippen LogP contribution in [0.4, 0.5) is 5.69 Å². The van der Waals surface area contributed by atoms with Gasteiger partial charge in [0.2, 0.25) is 5.91 Å². The predicted octanol–water partition coefficient (Wildman–Crippen LogP) is 3.83. The number of carbonyl (C=O) groups is 2. The second kappa shape index (κ2) is 10.4. The van der Waals surface area contributed by atoms with E-state index in [4.69, 9.17) is 9.97 Å². The molecule has 0 radical (unpaired) electrons. The Kier molecular flexibility index (Phi) is 6.86. The summed E-state index contributed by atoms with van der Waals surface area (Å²) in [6.07, 6.45) is 13.2. The van der Waals surface area contributed by atoms with Gasteiger partial charge in [-0.25, -0.2) is 9.97 Å². The molecule has 6 heterocycles. The number of piperidine rings is 1. The van der Waals surface area contributed by atoms with Crippen molar-refractivity contribution in [3.8, 4) is 0 Å². The van der Waals surface area contributed by atoms with Gasteiger partial charge in [0.1, 0.15) is 17.2 Å². The quantitative estimate of drug-likeness (QED) is 0.480. The highest BCUT2D eigenvalue weighted by molar-refractivity contribution is 5.98.